The third-order valence-electron chi connectivity index (χ3n) is 4.98. The molecule has 2 heterocycles. The Kier molecular flexibility index (Phi) is 7.14. The fourth-order valence-electron chi connectivity index (χ4n) is 3.53. The van der Waals surface area contributed by atoms with E-state index in [0.29, 0.717) is 24.5 Å². The summed E-state index contributed by atoms with van der Waals surface area (Å²) >= 11 is 6.24. The standard InChI is InChI=1S/C22H23ClN2O6/c1-29-10-6-9-25-19(15-7-4-5-8-24-15)18(21(27)22(25)28)20(26)13-11-14(23)17(31-3)12-16(13)30-2/h4-5,7-8,11-12,19,26H,6,9-10H2,1-3H3/b20-18+. The van der Waals surface area contributed by atoms with Crippen LogP contribution >= 0.6 is 11.6 Å². The molecule has 1 aromatic carbocycles. The molecule has 1 aliphatic heterocycles. The molecule has 1 atom stereocenters. The molecule has 1 saturated heterocycles. The summed E-state index contributed by atoms with van der Waals surface area (Å²) in [5, 5.41) is 11.4. The average molecular weight is 447 g/mol. The zero-order chi connectivity index (χ0) is 22.5. The van der Waals surface area contributed by atoms with Crippen molar-refractivity contribution in [1.82, 2.24) is 9.88 Å². The Morgan fingerprint density at radius 1 is 1.16 bits per heavy atom. The van der Waals surface area contributed by atoms with Crippen LogP contribution in [0, 0.1) is 0 Å². The molecule has 9 heteroatoms. The first-order valence-corrected chi connectivity index (χ1v) is 9.92. The highest BCUT2D eigenvalue weighted by atomic mass is 35.5. The fourth-order valence-corrected chi connectivity index (χ4v) is 3.77. The molecule has 8 nitrogen and oxygen atoms in total. The number of Topliss-reactive ketones (excluding diaryl/α,β-unsaturated/α-hetero) is 1. The second kappa shape index (κ2) is 9.80. The second-order valence-electron chi connectivity index (χ2n) is 6.78. The quantitative estimate of drug-likeness (QED) is 0.288. The van der Waals surface area contributed by atoms with Gasteiger partial charge in [-0.3, -0.25) is 14.6 Å². The summed E-state index contributed by atoms with van der Waals surface area (Å²) in [6.45, 7) is 0.677. The summed E-state index contributed by atoms with van der Waals surface area (Å²) < 4.78 is 15.6. The predicted molar refractivity (Wildman–Crippen MR) is 114 cm³/mol. The Bertz CT molecular complexity index is 1010. The highest BCUT2D eigenvalue weighted by Crippen LogP contribution is 2.42. The molecule has 1 fully saturated rings. The SMILES string of the molecule is COCCCN1C(=O)C(=O)/C(=C(/O)c2cc(Cl)c(OC)cc2OC)C1c1ccccn1. The number of ether oxygens (including phenoxy) is 3. The maximum Gasteiger partial charge on any atom is 0.295 e. The number of rotatable bonds is 8. The number of aliphatic hydroxyl groups is 1. The maximum atomic E-state index is 13.0. The van der Waals surface area contributed by atoms with Crippen LogP contribution in [0.5, 0.6) is 11.5 Å². The molecule has 0 saturated carbocycles. The van der Waals surface area contributed by atoms with Crippen LogP contribution in [0.1, 0.15) is 23.7 Å². The van der Waals surface area contributed by atoms with Crippen LogP contribution in [0.4, 0.5) is 0 Å². The lowest BCUT2D eigenvalue weighted by atomic mass is 9.97. The predicted octanol–water partition coefficient (Wildman–Crippen LogP) is 3.21. The lowest BCUT2D eigenvalue weighted by Gasteiger charge is -2.24. The van der Waals surface area contributed by atoms with E-state index in [4.69, 9.17) is 25.8 Å². The van der Waals surface area contributed by atoms with Gasteiger partial charge in [0.15, 0.2) is 0 Å². The number of carbonyl (C=O) groups excluding carboxylic acids is 2. The highest BCUT2D eigenvalue weighted by molar-refractivity contribution is 6.46. The summed E-state index contributed by atoms with van der Waals surface area (Å²) in [5.74, 6) is -1.34. The number of carbonyl (C=O) groups is 2. The van der Waals surface area contributed by atoms with E-state index >= 15 is 0 Å². The first kappa shape index (κ1) is 22.6. The monoisotopic (exact) mass is 446 g/mol. The van der Waals surface area contributed by atoms with E-state index in [2.05, 4.69) is 4.98 Å². The largest absolute Gasteiger partial charge is 0.507 e. The fraction of sp³-hybridized carbons (Fsp3) is 0.318. The Balaban J connectivity index is 2.18. The number of amides is 1. The zero-order valence-electron chi connectivity index (χ0n) is 17.4. The number of likely N-dealkylation sites (tertiary alicyclic amines) is 1. The number of hydrogen-bond donors (Lipinski definition) is 1. The van der Waals surface area contributed by atoms with Crippen LogP contribution in [0.15, 0.2) is 42.1 Å². The van der Waals surface area contributed by atoms with E-state index in [1.165, 1.54) is 31.3 Å². The minimum atomic E-state index is -0.858. The molecule has 3 rings (SSSR count). The summed E-state index contributed by atoms with van der Waals surface area (Å²) in [4.78, 5) is 31.5. The van der Waals surface area contributed by atoms with Gasteiger partial charge in [-0.15, -0.1) is 0 Å². The molecule has 0 spiro atoms. The van der Waals surface area contributed by atoms with Gasteiger partial charge in [-0.1, -0.05) is 17.7 Å². The summed E-state index contributed by atoms with van der Waals surface area (Å²) in [7, 11) is 4.43. The van der Waals surface area contributed by atoms with E-state index in [9.17, 15) is 14.7 Å². The second-order valence-corrected chi connectivity index (χ2v) is 7.19. The van der Waals surface area contributed by atoms with Crippen molar-refractivity contribution in [2.75, 3.05) is 34.5 Å². The van der Waals surface area contributed by atoms with Gasteiger partial charge in [0, 0.05) is 32.5 Å². The minimum absolute atomic E-state index is 0.0827. The van der Waals surface area contributed by atoms with E-state index in [1.54, 1.807) is 31.5 Å². The van der Waals surface area contributed by atoms with Crippen molar-refractivity contribution in [2.45, 2.75) is 12.5 Å². The minimum Gasteiger partial charge on any atom is -0.507 e. The van der Waals surface area contributed by atoms with Crippen LogP contribution in [-0.2, 0) is 14.3 Å². The normalized spacial score (nSPS) is 17.8. The third-order valence-corrected chi connectivity index (χ3v) is 5.28. The number of pyridine rings is 1. The van der Waals surface area contributed by atoms with Crippen LogP contribution in [-0.4, -0.2) is 61.2 Å². The molecular weight excluding hydrogens is 424 g/mol. The molecular formula is C22H23ClN2O6. The van der Waals surface area contributed by atoms with Gasteiger partial charge in [0.1, 0.15) is 23.3 Å². The number of nitrogens with zero attached hydrogens (tertiary/aromatic N) is 2. The summed E-state index contributed by atoms with van der Waals surface area (Å²) in [6, 6.07) is 7.26. The Morgan fingerprint density at radius 2 is 1.90 bits per heavy atom. The molecule has 1 aromatic heterocycles. The van der Waals surface area contributed by atoms with Crippen LogP contribution in [0.2, 0.25) is 5.02 Å². The van der Waals surface area contributed by atoms with Crippen LogP contribution in [0.3, 0.4) is 0 Å². The highest BCUT2D eigenvalue weighted by Gasteiger charge is 2.46. The molecule has 31 heavy (non-hydrogen) atoms. The van der Waals surface area contributed by atoms with Gasteiger partial charge in [0.25, 0.3) is 11.7 Å². The number of ketones is 1. The van der Waals surface area contributed by atoms with Gasteiger partial charge >= 0.3 is 0 Å². The van der Waals surface area contributed by atoms with Gasteiger partial charge in [-0.2, -0.15) is 0 Å². The van der Waals surface area contributed by atoms with Gasteiger partial charge in [-0.25, -0.2) is 0 Å². The number of methoxy groups -OCH3 is 3. The number of halogens is 1. The van der Waals surface area contributed by atoms with Crippen molar-refractivity contribution in [3.63, 3.8) is 0 Å². The van der Waals surface area contributed by atoms with E-state index in [0.717, 1.165) is 0 Å². The van der Waals surface area contributed by atoms with Gasteiger partial charge < -0.3 is 24.2 Å². The smallest absolute Gasteiger partial charge is 0.295 e. The van der Waals surface area contributed by atoms with Crippen LogP contribution < -0.4 is 9.47 Å². The Hall–Kier alpha value is -3.10. The number of benzene rings is 1. The topological polar surface area (TPSA) is 98.2 Å². The lowest BCUT2D eigenvalue weighted by Crippen LogP contribution is -2.31. The summed E-state index contributed by atoms with van der Waals surface area (Å²) in [5.41, 5.74) is 0.545. The molecule has 0 bridgehead atoms. The Morgan fingerprint density at radius 3 is 2.52 bits per heavy atom. The number of aromatic nitrogens is 1. The molecule has 0 aliphatic carbocycles. The third kappa shape index (κ3) is 4.35. The van der Waals surface area contributed by atoms with Crippen molar-refractivity contribution in [3.05, 3.63) is 58.4 Å². The van der Waals surface area contributed by atoms with E-state index in [-0.39, 0.29) is 28.5 Å². The molecule has 164 valence electrons. The van der Waals surface area contributed by atoms with Crippen molar-refractivity contribution >= 4 is 29.1 Å². The average Bonchev–Trinajstić information content (AvgIpc) is 3.04. The van der Waals surface area contributed by atoms with Gasteiger partial charge in [0.05, 0.1) is 36.1 Å². The maximum absolute atomic E-state index is 13.0. The van der Waals surface area contributed by atoms with Crippen molar-refractivity contribution in [2.24, 2.45) is 0 Å². The first-order chi connectivity index (χ1) is 14.9. The first-order valence-electron chi connectivity index (χ1n) is 9.54. The van der Waals surface area contributed by atoms with E-state index in [1.807, 2.05) is 0 Å². The van der Waals surface area contributed by atoms with E-state index < -0.39 is 23.5 Å². The van der Waals surface area contributed by atoms with Gasteiger partial charge in [-0.05, 0) is 24.6 Å². The molecule has 0 radical (unpaired) electrons. The molecule has 1 N–H and O–H groups in total. The molecule has 1 aliphatic rings. The van der Waals surface area contributed by atoms with Gasteiger partial charge in [0.2, 0.25) is 0 Å². The zero-order valence-corrected chi connectivity index (χ0v) is 18.2. The van der Waals surface area contributed by atoms with Crippen molar-refractivity contribution in [3.8, 4) is 11.5 Å². The lowest BCUT2D eigenvalue weighted by molar-refractivity contribution is -0.140. The number of hydrogen-bond acceptors (Lipinski definition) is 7. The number of aliphatic hydroxyl groups excluding tert-OH is 1. The Labute approximate surface area is 185 Å². The van der Waals surface area contributed by atoms with Crippen molar-refractivity contribution in [1.29, 1.82) is 0 Å². The molecule has 1 amide bonds. The summed E-state index contributed by atoms with van der Waals surface area (Å²) in [6.07, 6.45) is 2.08. The molecule has 2 aromatic rings. The van der Waals surface area contributed by atoms with Crippen molar-refractivity contribution < 1.29 is 28.9 Å². The van der Waals surface area contributed by atoms with Crippen LogP contribution in [0.25, 0.3) is 5.76 Å². The molecule has 1 unspecified atom stereocenters.